The molecule has 0 saturated carbocycles. The summed E-state index contributed by atoms with van der Waals surface area (Å²) in [7, 11) is 0. The first-order valence-corrected chi connectivity index (χ1v) is 9.10. The van der Waals surface area contributed by atoms with E-state index in [1.807, 2.05) is 6.92 Å². The number of rotatable bonds is 10. The molecule has 0 radical (unpaired) electrons. The minimum Gasteiger partial charge on any atom is -0.492 e. The zero-order valence-corrected chi connectivity index (χ0v) is 16.3. The highest BCUT2D eigenvalue weighted by molar-refractivity contribution is 5.95. The summed E-state index contributed by atoms with van der Waals surface area (Å²) in [5.74, 6) is -1.20. The van der Waals surface area contributed by atoms with Crippen LogP contribution in [0.15, 0.2) is 48.5 Å². The summed E-state index contributed by atoms with van der Waals surface area (Å²) in [5.41, 5.74) is 0.730. The van der Waals surface area contributed by atoms with E-state index in [0.29, 0.717) is 23.7 Å². The molecule has 0 heterocycles. The quantitative estimate of drug-likeness (QED) is 0.346. The smallest absolute Gasteiger partial charge is 0.306 e. The molecule has 0 aliphatic carbocycles. The number of nitro benzene ring substituents is 1. The first-order valence-electron chi connectivity index (χ1n) is 9.10. The largest absolute Gasteiger partial charge is 0.492 e. The van der Waals surface area contributed by atoms with Gasteiger partial charge in [-0.15, -0.1) is 0 Å². The number of amides is 2. The average molecular weight is 415 g/mol. The van der Waals surface area contributed by atoms with Crippen molar-refractivity contribution in [1.29, 1.82) is 0 Å². The standard InChI is InChI=1S/C20H21N3O7/c1-2-29-17-6-4-3-5-16(17)22-19(25)13-30-20(26)12-11-18(24)21-14-7-9-15(10-8-14)23(27)28/h3-10H,2,11-13H2,1H3,(H,21,24)(H,22,25). The summed E-state index contributed by atoms with van der Waals surface area (Å²) >= 11 is 0. The Bertz CT molecular complexity index is 913. The van der Waals surface area contributed by atoms with Crippen LogP contribution < -0.4 is 15.4 Å². The first kappa shape index (κ1) is 22.3. The van der Waals surface area contributed by atoms with Gasteiger partial charge in [0, 0.05) is 24.2 Å². The fourth-order valence-corrected chi connectivity index (χ4v) is 2.36. The topological polar surface area (TPSA) is 137 Å². The van der Waals surface area contributed by atoms with Crippen molar-refractivity contribution in [3.05, 3.63) is 58.6 Å². The SMILES string of the molecule is CCOc1ccccc1NC(=O)COC(=O)CCC(=O)Nc1ccc([N+](=O)[O-])cc1. The van der Waals surface area contributed by atoms with E-state index in [1.54, 1.807) is 24.3 Å². The van der Waals surface area contributed by atoms with Gasteiger partial charge in [0.25, 0.3) is 11.6 Å². The van der Waals surface area contributed by atoms with Crippen LogP contribution in [-0.2, 0) is 19.1 Å². The van der Waals surface area contributed by atoms with Crippen LogP contribution in [0.2, 0.25) is 0 Å². The third-order valence-corrected chi connectivity index (χ3v) is 3.74. The van der Waals surface area contributed by atoms with Crippen molar-refractivity contribution >= 4 is 34.8 Å². The van der Waals surface area contributed by atoms with Gasteiger partial charge < -0.3 is 20.1 Å². The number of non-ortho nitro benzene ring substituents is 1. The van der Waals surface area contributed by atoms with Gasteiger partial charge in [-0.25, -0.2) is 0 Å². The Kier molecular flexibility index (Phi) is 8.30. The summed E-state index contributed by atoms with van der Waals surface area (Å²) < 4.78 is 10.3. The Morgan fingerprint density at radius 3 is 2.33 bits per heavy atom. The van der Waals surface area contributed by atoms with Crippen molar-refractivity contribution < 1.29 is 28.8 Å². The number of carbonyl (C=O) groups is 3. The van der Waals surface area contributed by atoms with Crippen molar-refractivity contribution in [2.45, 2.75) is 19.8 Å². The van der Waals surface area contributed by atoms with E-state index >= 15 is 0 Å². The second kappa shape index (κ2) is 11.1. The third kappa shape index (κ3) is 7.23. The van der Waals surface area contributed by atoms with Crippen LogP contribution in [0.4, 0.5) is 17.1 Å². The molecule has 2 aromatic carbocycles. The van der Waals surface area contributed by atoms with Gasteiger partial charge in [-0.2, -0.15) is 0 Å². The maximum atomic E-state index is 12.0. The molecule has 0 spiro atoms. The highest BCUT2D eigenvalue weighted by Gasteiger charge is 2.13. The van der Waals surface area contributed by atoms with E-state index in [2.05, 4.69) is 10.6 Å². The van der Waals surface area contributed by atoms with E-state index in [4.69, 9.17) is 9.47 Å². The summed E-state index contributed by atoms with van der Waals surface area (Å²) in [6, 6.07) is 12.1. The van der Waals surface area contributed by atoms with Crippen LogP contribution in [0.3, 0.4) is 0 Å². The molecule has 158 valence electrons. The van der Waals surface area contributed by atoms with Crippen LogP contribution >= 0.6 is 0 Å². The Morgan fingerprint density at radius 2 is 1.67 bits per heavy atom. The second-order valence-corrected chi connectivity index (χ2v) is 5.99. The third-order valence-electron chi connectivity index (χ3n) is 3.74. The number of anilines is 2. The van der Waals surface area contributed by atoms with Gasteiger partial charge in [-0.3, -0.25) is 24.5 Å². The van der Waals surface area contributed by atoms with Crippen molar-refractivity contribution in [1.82, 2.24) is 0 Å². The van der Waals surface area contributed by atoms with Gasteiger partial charge in [-0.05, 0) is 31.2 Å². The molecular formula is C20H21N3O7. The van der Waals surface area contributed by atoms with Crippen molar-refractivity contribution in [3.63, 3.8) is 0 Å². The average Bonchev–Trinajstić information content (AvgIpc) is 2.73. The Balaban J connectivity index is 1.72. The lowest BCUT2D eigenvalue weighted by Gasteiger charge is -2.11. The molecule has 2 N–H and O–H groups in total. The molecule has 0 saturated heterocycles. The summed E-state index contributed by atoms with van der Waals surface area (Å²) in [6.07, 6.45) is -0.383. The minimum absolute atomic E-state index is 0.0984. The monoisotopic (exact) mass is 415 g/mol. The molecule has 0 aromatic heterocycles. The summed E-state index contributed by atoms with van der Waals surface area (Å²) in [6.45, 7) is 1.76. The van der Waals surface area contributed by atoms with Gasteiger partial charge in [0.2, 0.25) is 5.91 Å². The zero-order valence-electron chi connectivity index (χ0n) is 16.3. The summed E-state index contributed by atoms with van der Waals surface area (Å²) in [4.78, 5) is 45.6. The van der Waals surface area contributed by atoms with Crippen LogP contribution in [0.5, 0.6) is 5.75 Å². The Labute approximate surface area is 172 Å². The lowest BCUT2D eigenvalue weighted by atomic mass is 10.2. The van der Waals surface area contributed by atoms with Crippen LogP contribution in [0.1, 0.15) is 19.8 Å². The number of hydrogen-bond donors (Lipinski definition) is 2. The first-order chi connectivity index (χ1) is 14.4. The van der Waals surface area contributed by atoms with Gasteiger partial charge >= 0.3 is 5.97 Å². The number of nitrogens with zero attached hydrogens (tertiary/aromatic N) is 1. The molecule has 30 heavy (non-hydrogen) atoms. The fourth-order valence-electron chi connectivity index (χ4n) is 2.36. The molecule has 2 amide bonds. The van der Waals surface area contributed by atoms with Gasteiger partial charge in [0.1, 0.15) is 5.75 Å². The van der Waals surface area contributed by atoms with Crippen molar-refractivity contribution in [3.8, 4) is 5.75 Å². The molecule has 0 aliphatic heterocycles. The fraction of sp³-hybridized carbons (Fsp3) is 0.250. The van der Waals surface area contributed by atoms with E-state index in [1.165, 1.54) is 24.3 Å². The highest BCUT2D eigenvalue weighted by Crippen LogP contribution is 2.23. The number of carbonyl (C=O) groups excluding carboxylic acids is 3. The molecule has 0 fully saturated rings. The molecule has 10 nitrogen and oxygen atoms in total. The molecule has 0 aliphatic rings. The number of esters is 1. The molecule has 2 aromatic rings. The lowest BCUT2D eigenvalue weighted by Crippen LogP contribution is -2.22. The molecule has 0 unspecified atom stereocenters. The number of ether oxygens (including phenoxy) is 2. The number of nitrogens with one attached hydrogen (secondary N) is 2. The maximum absolute atomic E-state index is 12.0. The van der Waals surface area contributed by atoms with E-state index in [-0.39, 0.29) is 18.5 Å². The van der Waals surface area contributed by atoms with E-state index in [9.17, 15) is 24.5 Å². The van der Waals surface area contributed by atoms with Crippen molar-refractivity contribution in [2.24, 2.45) is 0 Å². The van der Waals surface area contributed by atoms with Gasteiger partial charge in [0.05, 0.1) is 23.6 Å². The minimum atomic E-state index is -0.706. The molecular weight excluding hydrogens is 394 g/mol. The second-order valence-electron chi connectivity index (χ2n) is 5.99. The number of para-hydroxylation sites is 2. The maximum Gasteiger partial charge on any atom is 0.306 e. The molecule has 10 heteroatoms. The normalized spacial score (nSPS) is 10.0. The van der Waals surface area contributed by atoms with E-state index < -0.39 is 29.3 Å². The molecule has 0 bridgehead atoms. The summed E-state index contributed by atoms with van der Waals surface area (Å²) in [5, 5.41) is 15.7. The lowest BCUT2D eigenvalue weighted by molar-refractivity contribution is -0.384. The number of hydrogen-bond acceptors (Lipinski definition) is 7. The van der Waals surface area contributed by atoms with Crippen LogP contribution in [-0.4, -0.2) is 35.9 Å². The number of benzene rings is 2. The van der Waals surface area contributed by atoms with E-state index in [0.717, 1.165) is 0 Å². The molecule has 2 rings (SSSR count). The Morgan fingerprint density at radius 1 is 0.967 bits per heavy atom. The van der Waals surface area contributed by atoms with Crippen LogP contribution in [0, 0.1) is 10.1 Å². The highest BCUT2D eigenvalue weighted by atomic mass is 16.6. The predicted octanol–water partition coefficient (Wildman–Crippen LogP) is 2.89. The number of nitro groups is 1. The Hall–Kier alpha value is -3.95. The van der Waals surface area contributed by atoms with Crippen molar-refractivity contribution in [2.75, 3.05) is 23.8 Å². The molecule has 0 atom stereocenters. The van der Waals surface area contributed by atoms with Gasteiger partial charge in [0.15, 0.2) is 6.61 Å². The van der Waals surface area contributed by atoms with Crippen LogP contribution in [0.25, 0.3) is 0 Å². The van der Waals surface area contributed by atoms with Gasteiger partial charge in [-0.1, -0.05) is 12.1 Å². The predicted molar refractivity (Wildman–Crippen MR) is 108 cm³/mol. The zero-order chi connectivity index (χ0) is 21.9.